The lowest BCUT2D eigenvalue weighted by Crippen LogP contribution is -2.09. The van der Waals surface area contributed by atoms with Gasteiger partial charge in [0.2, 0.25) is 5.78 Å². The first-order valence-electron chi connectivity index (χ1n) is 4.76. The minimum absolute atomic E-state index is 0.0828. The Morgan fingerprint density at radius 2 is 1.60 bits per heavy atom. The lowest BCUT2D eigenvalue weighted by molar-refractivity contribution is 0.106. The maximum atomic E-state index is 11.8. The molecule has 0 aliphatic carbocycles. The highest BCUT2D eigenvalue weighted by atomic mass is 16.1. The third-order valence-electron chi connectivity index (χ3n) is 1.76. The van der Waals surface area contributed by atoms with E-state index in [1.54, 1.807) is 19.1 Å². The average Bonchev–Trinajstić information content (AvgIpc) is 2.26. The van der Waals surface area contributed by atoms with Crippen LogP contribution in [0.5, 0.6) is 0 Å². The fourth-order valence-corrected chi connectivity index (χ4v) is 1.02. The Bertz CT molecular complexity index is 401. The van der Waals surface area contributed by atoms with Crippen LogP contribution in [0.4, 0.5) is 0 Å². The lowest BCUT2D eigenvalue weighted by Gasteiger charge is -1.97. The molecule has 0 bridgehead atoms. The van der Waals surface area contributed by atoms with Gasteiger partial charge < -0.3 is 0 Å². The van der Waals surface area contributed by atoms with E-state index in [1.165, 1.54) is 0 Å². The molecule has 0 unspecified atom stereocenters. The van der Waals surface area contributed by atoms with E-state index in [0.29, 0.717) is 11.3 Å². The van der Waals surface area contributed by atoms with Crippen LogP contribution < -0.4 is 0 Å². The van der Waals surface area contributed by atoms with Gasteiger partial charge in [0.15, 0.2) is 0 Å². The first-order chi connectivity index (χ1) is 7.11. The molecule has 0 N–H and O–H groups in total. The summed E-state index contributed by atoms with van der Waals surface area (Å²) in [5, 5.41) is 7.71. The molecule has 0 amide bonds. The Hall–Kier alpha value is -1.77. The monoisotopic (exact) mass is 202 g/mol. The van der Waals surface area contributed by atoms with Crippen LogP contribution in [0.25, 0.3) is 0 Å². The van der Waals surface area contributed by atoms with E-state index in [0.717, 1.165) is 5.71 Å². The Morgan fingerprint density at radius 3 is 2.13 bits per heavy atom. The molecule has 0 radical (unpaired) electrons. The van der Waals surface area contributed by atoms with E-state index in [-0.39, 0.29) is 5.78 Å². The molecule has 15 heavy (non-hydrogen) atoms. The largest absolute Gasteiger partial charge is 0.287 e. The third-order valence-corrected chi connectivity index (χ3v) is 1.76. The van der Waals surface area contributed by atoms with Gasteiger partial charge in [-0.15, -0.1) is 0 Å². The van der Waals surface area contributed by atoms with E-state index in [9.17, 15) is 4.79 Å². The molecule has 0 saturated heterocycles. The van der Waals surface area contributed by atoms with Crippen LogP contribution in [-0.2, 0) is 0 Å². The topological polar surface area (TPSA) is 41.8 Å². The Kier molecular flexibility index (Phi) is 3.92. The molecule has 0 aromatic heterocycles. The summed E-state index contributed by atoms with van der Waals surface area (Å²) in [5.41, 5.74) is 1.88. The van der Waals surface area contributed by atoms with Crippen molar-refractivity contribution in [2.45, 2.75) is 20.8 Å². The summed E-state index contributed by atoms with van der Waals surface area (Å²) in [6.45, 7) is 5.34. The second-order valence-corrected chi connectivity index (χ2v) is 3.43. The second kappa shape index (κ2) is 5.20. The van der Waals surface area contributed by atoms with Crippen LogP contribution in [0, 0.1) is 0 Å². The van der Waals surface area contributed by atoms with Crippen molar-refractivity contribution in [2.75, 3.05) is 0 Å². The van der Waals surface area contributed by atoms with Gasteiger partial charge in [-0.2, -0.15) is 10.2 Å². The molecule has 3 nitrogen and oxygen atoms in total. The summed E-state index contributed by atoms with van der Waals surface area (Å²) in [4.78, 5) is 11.8. The molecule has 78 valence electrons. The predicted molar refractivity (Wildman–Crippen MR) is 62.7 cm³/mol. The van der Waals surface area contributed by atoms with E-state index in [2.05, 4.69) is 10.2 Å². The van der Waals surface area contributed by atoms with Crippen LogP contribution in [0.3, 0.4) is 0 Å². The van der Waals surface area contributed by atoms with Crippen molar-refractivity contribution in [3.63, 3.8) is 0 Å². The van der Waals surface area contributed by atoms with Gasteiger partial charge in [0, 0.05) is 11.3 Å². The van der Waals surface area contributed by atoms with Gasteiger partial charge >= 0.3 is 0 Å². The van der Waals surface area contributed by atoms with Crippen molar-refractivity contribution in [1.82, 2.24) is 0 Å². The fourth-order valence-electron chi connectivity index (χ4n) is 1.02. The Labute approximate surface area is 89.5 Å². The van der Waals surface area contributed by atoms with Gasteiger partial charge in [-0.25, -0.2) is 0 Å². The van der Waals surface area contributed by atoms with Crippen LogP contribution in [0.1, 0.15) is 31.1 Å². The minimum atomic E-state index is -0.0828. The van der Waals surface area contributed by atoms with Gasteiger partial charge in [0.1, 0.15) is 5.71 Å². The quantitative estimate of drug-likeness (QED) is 0.422. The highest BCUT2D eigenvalue weighted by Gasteiger charge is 2.08. The van der Waals surface area contributed by atoms with Gasteiger partial charge in [0.25, 0.3) is 0 Å². The van der Waals surface area contributed by atoms with Crippen LogP contribution >= 0.6 is 0 Å². The number of carbonyl (C=O) groups excluding carboxylic acids is 1. The van der Waals surface area contributed by atoms with Crippen molar-refractivity contribution < 1.29 is 4.79 Å². The summed E-state index contributed by atoms with van der Waals surface area (Å²) in [7, 11) is 0. The van der Waals surface area contributed by atoms with Gasteiger partial charge in [-0.05, 0) is 20.8 Å². The SMILES string of the molecule is CC(C)=N/N=C(/C)C(=O)c1ccccc1. The van der Waals surface area contributed by atoms with Gasteiger partial charge in [-0.3, -0.25) is 4.79 Å². The summed E-state index contributed by atoms with van der Waals surface area (Å²) < 4.78 is 0. The molecule has 0 atom stereocenters. The molecule has 3 heteroatoms. The molecule has 0 heterocycles. The highest BCUT2D eigenvalue weighted by molar-refractivity contribution is 6.45. The number of hydrogen-bond donors (Lipinski definition) is 0. The average molecular weight is 202 g/mol. The number of nitrogens with zero attached hydrogens (tertiary/aromatic N) is 2. The maximum absolute atomic E-state index is 11.8. The number of rotatable bonds is 3. The van der Waals surface area contributed by atoms with Crippen molar-refractivity contribution in [2.24, 2.45) is 10.2 Å². The minimum Gasteiger partial charge on any atom is -0.287 e. The zero-order chi connectivity index (χ0) is 11.3. The molecular formula is C12H14N2O. The molecule has 1 rings (SSSR count). The summed E-state index contributed by atoms with van der Waals surface area (Å²) in [5.74, 6) is -0.0828. The number of ketones is 1. The number of carbonyl (C=O) groups is 1. The lowest BCUT2D eigenvalue weighted by atomic mass is 10.1. The Balaban J connectivity index is 2.87. The molecule has 0 aliphatic rings. The first kappa shape index (κ1) is 11.3. The van der Waals surface area contributed by atoms with Gasteiger partial charge in [-0.1, -0.05) is 30.3 Å². The van der Waals surface area contributed by atoms with E-state index < -0.39 is 0 Å². The Morgan fingerprint density at radius 1 is 1.00 bits per heavy atom. The molecule has 0 saturated carbocycles. The second-order valence-electron chi connectivity index (χ2n) is 3.43. The first-order valence-corrected chi connectivity index (χ1v) is 4.76. The standard InChI is InChI=1S/C12H14N2O/c1-9(2)13-14-10(3)12(15)11-7-5-4-6-8-11/h4-8H,1-3H3/b14-10-. The molecule has 1 aromatic rings. The number of hydrogen-bond acceptors (Lipinski definition) is 3. The summed E-state index contributed by atoms with van der Waals surface area (Å²) in [6.07, 6.45) is 0. The predicted octanol–water partition coefficient (Wildman–Crippen LogP) is 2.73. The maximum Gasteiger partial charge on any atom is 0.208 e. The molecular weight excluding hydrogens is 188 g/mol. The number of Topliss-reactive ketones (excluding diaryl/α,β-unsaturated/α-hetero) is 1. The normalized spacial score (nSPS) is 11.0. The number of benzene rings is 1. The van der Waals surface area contributed by atoms with Crippen molar-refractivity contribution in [3.8, 4) is 0 Å². The van der Waals surface area contributed by atoms with E-state index >= 15 is 0 Å². The van der Waals surface area contributed by atoms with Crippen molar-refractivity contribution in [1.29, 1.82) is 0 Å². The third kappa shape index (κ3) is 3.46. The van der Waals surface area contributed by atoms with Crippen LogP contribution in [-0.4, -0.2) is 17.2 Å². The van der Waals surface area contributed by atoms with E-state index in [4.69, 9.17) is 0 Å². The summed E-state index contributed by atoms with van der Waals surface area (Å²) in [6, 6.07) is 9.06. The van der Waals surface area contributed by atoms with Crippen molar-refractivity contribution in [3.05, 3.63) is 35.9 Å². The highest BCUT2D eigenvalue weighted by Crippen LogP contribution is 2.01. The zero-order valence-electron chi connectivity index (χ0n) is 9.19. The molecule has 1 aromatic carbocycles. The summed E-state index contributed by atoms with van der Waals surface area (Å²) >= 11 is 0. The van der Waals surface area contributed by atoms with Crippen molar-refractivity contribution >= 4 is 17.2 Å². The van der Waals surface area contributed by atoms with E-state index in [1.807, 2.05) is 32.0 Å². The zero-order valence-corrected chi connectivity index (χ0v) is 9.19. The smallest absolute Gasteiger partial charge is 0.208 e. The molecule has 0 aliphatic heterocycles. The van der Waals surface area contributed by atoms with Crippen LogP contribution in [0.2, 0.25) is 0 Å². The molecule has 0 spiro atoms. The fraction of sp³-hybridized carbons (Fsp3) is 0.250. The molecule has 0 fully saturated rings. The van der Waals surface area contributed by atoms with Gasteiger partial charge in [0.05, 0.1) is 0 Å². The van der Waals surface area contributed by atoms with Crippen LogP contribution in [0.15, 0.2) is 40.5 Å².